The first kappa shape index (κ1) is 20.4. The molecule has 0 spiro atoms. The van der Waals surface area contributed by atoms with E-state index in [1.807, 2.05) is 0 Å². The number of phenolic OH excluding ortho intramolecular Hbond substituents is 1. The molecule has 0 fully saturated rings. The third-order valence-corrected chi connectivity index (χ3v) is 4.42. The molecule has 0 aliphatic carbocycles. The Morgan fingerprint density at radius 1 is 1.19 bits per heavy atom. The Labute approximate surface area is 169 Å². The summed E-state index contributed by atoms with van der Waals surface area (Å²) in [4.78, 5) is 0. The average molecular weight is 385 g/mol. The number of benzene rings is 2. The van der Waals surface area contributed by atoms with Gasteiger partial charge in [-0.3, -0.25) is 0 Å². The molecule has 0 saturated carbocycles. The maximum absolute atomic E-state index is 11.2. The van der Waals surface area contributed by atoms with Crippen molar-refractivity contribution >= 4 is 58.7 Å². The number of rotatable bonds is 6. The third kappa shape index (κ3) is 6.43. The van der Waals surface area contributed by atoms with E-state index in [9.17, 15) is 13.5 Å². The summed E-state index contributed by atoms with van der Waals surface area (Å²) in [7, 11) is -1.19. The second-order valence-electron chi connectivity index (χ2n) is 5.65. The maximum atomic E-state index is 11.2. The van der Waals surface area contributed by atoms with Crippen LogP contribution in [0.1, 0.15) is 11.1 Å². The Bertz CT molecular complexity index is 941. The van der Waals surface area contributed by atoms with Crippen molar-refractivity contribution in [3.05, 3.63) is 53.6 Å². The van der Waals surface area contributed by atoms with Crippen LogP contribution in [0, 0.1) is 0 Å². The van der Waals surface area contributed by atoms with Crippen LogP contribution in [0.5, 0.6) is 5.75 Å². The Morgan fingerprint density at radius 3 is 2.38 bits per heavy atom. The van der Waals surface area contributed by atoms with Gasteiger partial charge in [0.2, 0.25) is 0 Å². The fraction of sp³-hybridized carbons (Fsp3) is 0.125. The van der Waals surface area contributed by atoms with E-state index in [1.165, 1.54) is 24.3 Å². The van der Waals surface area contributed by atoms with Gasteiger partial charge in [0.15, 0.2) is 0 Å². The van der Waals surface area contributed by atoms with Gasteiger partial charge in [-0.05, 0) is 0 Å². The summed E-state index contributed by atoms with van der Waals surface area (Å²) < 4.78 is 37.0. The van der Waals surface area contributed by atoms with E-state index in [1.54, 1.807) is 43.4 Å². The number of hydrogen-bond donors (Lipinski definition) is 2. The second kappa shape index (κ2) is 8.65. The van der Waals surface area contributed by atoms with Crippen molar-refractivity contribution in [3.8, 4) is 5.75 Å². The first-order chi connectivity index (χ1) is 12.1. The molecular formula is C16H16N3NaO5S. The molecule has 0 aliphatic heterocycles. The first-order valence-electron chi connectivity index (χ1n) is 7.52. The van der Waals surface area contributed by atoms with Crippen LogP contribution < -0.4 is 2.81 Å². The van der Waals surface area contributed by atoms with Gasteiger partial charge in [0, 0.05) is 0 Å². The van der Waals surface area contributed by atoms with Gasteiger partial charge < -0.3 is 0 Å². The molecule has 0 heterocycles. The summed E-state index contributed by atoms with van der Waals surface area (Å²) in [5.74, 6) is 0.0285. The topological polar surface area (TPSA) is 112 Å². The van der Waals surface area contributed by atoms with Crippen LogP contribution in [0.2, 0.25) is 0 Å². The summed E-state index contributed by atoms with van der Waals surface area (Å²) in [6, 6.07) is 11.3. The standard InChI is InChI=1S/C16H16N3O5S.Na/c1-19(2)18-17-14-7-3-12(4-8-14)11-16(24-25(21,22)23)13-5-9-15(20)10-6-13;/h3-5,7-11,20H,1-2H3,(H,21,22,23);. The molecule has 2 N–H and O–H groups in total. The molecule has 0 radical (unpaired) electrons. The predicted molar refractivity (Wildman–Crippen MR) is 98.6 cm³/mol. The van der Waals surface area contributed by atoms with E-state index in [0.29, 0.717) is 44.7 Å². The fourth-order valence-corrected chi connectivity index (χ4v) is 3.19. The van der Waals surface area contributed by atoms with Crippen molar-refractivity contribution in [2.45, 2.75) is 0 Å². The van der Waals surface area contributed by atoms with Crippen molar-refractivity contribution in [1.82, 2.24) is 5.01 Å². The van der Waals surface area contributed by atoms with Gasteiger partial charge in [-0.15, -0.1) is 0 Å². The number of phenols is 1. The minimum atomic E-state index is -4.70. The van der Waals surface area contributed by atoms with E-state index in [4.69, 9.17) is 8.74 Å². The van der Waals surface area contributed by atoms with Crippen LogP contribution in [-0.2, 0) is 14.6 Å². The zero-order valence-corrected chi connectivity index (χ0v) is 17.3. The Morgan fingerprint density at radius 2 is 1.85 bits per heavy atom. The van der Waals surface area contributed by atoms with Crippen molar-refractivity contribution in [2.75, 3.05) is 14.1 Å². The number of nitrogens with zero attached hydrogens (tertiary/aromatic N) is 3. The zero-order chi connectivity index (χ0) is 19.3. The van der Waals surface area contributed by atoms with E-state index in [0.717, 1.165) is 2.81 Å². The monoisotopic (exact) mass is 385 g/mol. The van der Waals surface area contributed by atoms with Gasteiger partial charge in [0.05, 0.1) is 0 Å². The molecule has 0 atom stereocenters. The fourth-order valence-electron chi connectivity index (χ4n) is 2.11. The third-order valence-electron chi connectivity index (χ3n) is 3.20. The number of aromatic hydroxyl groups is 1. The van der Waals surface area contributed by atoms with Crippen LogP contribution in [0.4, 0.5) is 5.69 Å². The van der Waals surface area contributed by atoms with E-state index < -0.39 is 10.4 Å². The molecule has 132 valence electrons. The van der Waals surface area contributed by atoms with Gasteiger partial charge in [0.25, 0.3) is 0 Å². The predicted octanol–water partition coefficient (Wildman–Crippen LogP) is 2.06. The Balaban J connectivity index is 2.42. The van der Waals surface area contributed by atoms with E-state index in [2.05, 4.69) is 10.3 Å². The normalized spacial score (nSPS) is 12.4. The molecule has 26 heavy (non-hydrogen) atoms. The quantitative estimate of drug-likeness (QED) is 0.197. The van der Waals surface area contributed by atoms with Gasteiger partial charge in [-0.25, -0.2) is 0 Å². The molecule has 2 rings (SSSR count). The van der Waals surface area contributed by atoms with E-state index >= 15 is 0 Å². The van der Waals surface area contributed by atoms with Crippen LogP contribution in [-0.4, -0.2) is 65.1 Å². The van der Waals surface area contributed by atoms with Gasteiger partial charge in [0.1, 0.15) is 0 Å². The summed E-state index contributed by atoms with van der Waals surface area (Å²) in [6.07, 6.45) is 1.48. The van der Waals surface area contributed by atoms with Crippen LogP contribution in [0.15, 0.2) is 52.8 Å². The number of hydrogen-bond acceptors (Lipinski definition) is 6. The molecule has 0 amide bonds. The summed E-state index contributed by atoms with van der Waals surface area (Å²) in [6.45, 7) is 0. The zero-order valence-electron chi connectivity index (χ0n) is 14.5. The molecule has 0 aliphatic rings. The van der Waals surface area contributed by atoms with Gasteiger partial charge in [-0.1, -0.05) is 0 Å². The first-order valence-corrected chi connectivity index (χ1v) is 9.88. The van der Waals surface area contributed by atoms with Crippen LogP contribution >= 0.6 is 0 Å². The van der Waals surface area contributed by atoms with Crippen molar-refractivity contribution in [2.24, 2.45) is 10.3 Å². The molecule has 2 aromatic rings. The molecule has 8 nitrogen and oxygen atoms in total. The molecule has 0 unspecified atom stereocenters. The second-order valence-corrected chi connectivity index (χ2v) is 7.75. The van der Waals surface area contributed by atoms with E-state index in [-0.39, 0.29) is 11.5 Å². The summed E-state index contributed by atoms with van der Waals surface area (Å²) in [5.41, 5.74) is 1.74. The van der Waals surface area contributed by atoms with Crippen LogP contribution in [0.3, 0.4) is 0 Å². The molecule has 0 aromatic heterocycles. The summed E-state index contributed by atoms with van der Waals surface area (Å²) in [5, 5.41) is 19.0. The molecule has 2 aromatic carbocycles. The van der Waals surface area contributed by atoms with Crippen molar-refractivity contribution < 1.29 is 22.3 Å². The van der Waals surface area contributed by atoms with Crippen LogP contribution in [0.25, 0.3) is 11.8 Å². The average Bonchev–Trinajstić information content (AvgIpc) is 2.52. The molecule has 0 saturated heterocycles. The Hall–Kier alpha value is -1.91. The van der Waals surface area contributed by atoms with Gasteiger partial charge >= 0.3 is 170 Å². The molecule has 0 bridgehead atoms. The van der Waals surface area contributed by atoms with Crippen molar-refractivity contribution in [1.29, 1.82) is 0 Å². The molecule has 10 heteroatoms. The Kier molecular flexibility index (Phi) is 6.79. The van der Waals surface area contributed by atoms with Gasteiger partial charge in [-0.2, -0.15) is 0 Å². The SMILES string of the molecule is CN(C)N=Nc1ccc(C=C(OS(=O)(=O)O)c2ccc(O)c[c]2[Na])cc1. The van der Waals surface area contributed by atoms with Crippen molar-refractivity contribution in [3.63, 3.8) is 0 Å². The minimum absolute atomic E-state index is 0.0415. The summed E-state index contributed by atoms with van der Waals surface area (Å²) >= 11 is 0.538. The molecular weight excluding hydrogens is 369 g/mol.